The van der Waals surface area contributed by atoms with Crippen LogP contribution >= 0.6 is 11.8 Å². The van der Waals surface area contributed by atoms with Crippen molar-refractivity contribution in [3.8, 4) is 0 Å². The van der Waals surface area contributed by atoms with Gasteiger partial charge in [-0.2, -0.15) is 0 Å². The summed E-state index contributed by atoms with van der Waals surface area (Å²) in [5.74, 6) is 0. The van der Waals surface area contributed by atoms with Crippen LogP contribution in [0, 0.1) is 0 Å². The van der Waals surface area contributed by atoms with Crippen LogP contribution in [0.5, 0.6) is 0 Å². The Hall–Kier alpha value is -1.24. The lowest BCUT2D eigenvalue weighted by Crippen LogP contribution is -2.43. The molecule has 0 spiro atoms. The minimum absolute atomic E-state index is 0.117. The molecule has 0 saturated carbocycles. The quantitative estimate of drug-likeness (QED) is 0.413. The molecule has 0 bridgehead atoms. The Balaban J connectivity index is 2.00. The van der Waals surface area contributed by atoms with Crippen molar-refractivity contribution < 1.29 is 4.43 Å². The van der Waals surface area contributed by atoms with Crippen LogP contribution < -0.4 is 0 Å². The van der Waals surface area contributed by atoms with Crippen LogP contribution in [0.15, 0.2) is 29.7 Å². The van der Waals surface area contributed by atoms with E-state index in [1.165, 1.54) is 5.57 Å². The molecule has 6 heteroatoms. The predicted octanol–water partition coefficient (Wildman–Crippen LogP) is 5.31. The van der Waals surface area contributed by atoms with Gasteiger partial charge in [0, 0.05) is 23.4 Å². The van der Waals surface area contributed by atoms with Gasteiger partial charge >= 0.3 is 0 Å². The van der Waals surface area contributed by atoms with Gasteiger partial charge in [-0.05, 0) is 43.3 Å². The Morgan fingerprint density at radius 3 is 2.68 bits per heavy atom. The number of rotatable bonds is 4. The van der Waals surface area contributed by atoms with E-state index in [4.69, 9.17) is 9.41 Å². The van der Waals surface area contributed by atoms with E-state index in [0.717, 1.165) is 34.6 Å². The molecule has 2 aromatic rings. The number of nitrogens with zero attached hydrogens (tertiary/aromatic N) is 3. The van der Waals surface area contributed by atoms with Gasteiger partial charge in [0.25, 0.3) is 0 Å². The van der Waals surface area contributed by atoms with Gasteiger partial charge in [0.2, 0.25) is 0 Å². The summed E-state index contributed by atoms with van der Waals surface area (Å²) in [5.41, 5.74) is 3.08. The highest BCUT2D eigenvalue weighted by Gasteiger charge is 2.40. The summed E-state index contributed by atoms with van der Waals surface area (Å²) in [6.45, 7) is 11.5. The third kappa shape index (κ3) is 3.66. The van der Waals surface area contributed by atoms with Crippen molar-refractivity contribution in [2.45, 2.75) is 63.0 Å². The van der Waals surface area contributed by atoms with Crippen LogP contribution in [0.25, 0.3) is 16.5 Å². The maximum absolute atomic E-state index is 6.72. The maximum atomic E-state index is 6.72. The number of thioether (sulfide) groups is 1. The van der Waals surface area contributed by atoms with Crippen LogP contribution in [0.2, 0.25) is 18.1 Å². The predicted molar refractivity (Wildman–Crippen MR) is 108 cm³/mol. The second-order valence-electron chi connectivity index (χ2n) is 8.06. The molecule has 0 N–H and O–H groups in total. The molecular formula is C19H27N3OSSi. The fourth-order valence-corrected chi connectivity index (χ4v) is 4.48. The Morgan fingerprint density at radius 1 is 1.24 bits per heavy atom. The Morgan fingerprint density at radius 2 is 2.00 bits per heavy atom. The van der Waals surface area contributed by atoms with Gasteiger partial charge < -0.3 is 4.43 Å². The van der Waals surface area contributed by atoms with Gasteiger partial charge in [0.1, 0.15) is 5.52 Å². The molecule has 134 valence electrons. The van der Waals surface area contributed by atoms with E-state index in [0.29, 0.717) is 0 Å². The summed E-state index contributed by atoms with van der Waals surface area (Å²) in [6, 6.07) is 1.97. The molecular weight excluding hydrogens is 346 g/mol. The molecule has 0 radical (unpaired) electrons. The van der Waals surface area contributed by atoms with Crippen molar-refractivity contribution in [1.82, 2.24) is 15.0 Å². The standard InChI is InChI=1S/C19H27N3OSSi/c1-19(2,3)25(5,6)23-15-9-7-8-14(15)17-16-13(10-11-20-17)12-21-18(22-16)24-4/h8,10-12,15H,7,9H2,1-6H3. The average Bonchev–Trinajstić information content (AvgIpc) is 3.00. The molecule has 1 aliphatic rings. The number of hydrogen-bond acceptors (Lipinski definition) is 5. The molecule has 0 saturated heterocycles. The van der Waals surface area contributed by atoms with E-state index in [1.807, 2.05) is 24.7 Å². The van der Waals surface area contributed by atoms with Crippen molar-refractivity contribution >= 4 is 36.6 Å². The normalized spacial score (nSPS) is 18.6. The SMILES string of the molecule is CSc1ncc2ccnc(C3=CCCC3O[Si](C)(C)C(C)(C)C)c2n1. The van der Waals surface area contributed by atoms with Crippen LogP contribution in [0.3, 0.4) is 0 Å². The second kappa shape index (κ2) is 6.82. The third-order valence-corrected chi connectivity index (χ3v) is 10.4. The summed E-state index contributed by atoms with van der Waals surface area (Å²) < 4.78 is 6.72. The number of hydrogen-bond donors (Lipinski definition) is 0. The van der Waals surface area contributed by atoms with Crippen LogP contribution in [-0.2, 0) is 4.43 Å². The first-order chi connectivity index (χ1) is 11.7. The lowest BCUT2D eigenvalue weighted by Gasteiger charge is -2.39. The average molecular weight is 374 g/mol. The summed E-state index contributed by atoms with van der Waals surface area (Å²) in [5, 5.41) is 2.00. The molecule has 3 rings (SSSR count). The molecule has 0 aromatic carbocycles. The van der Waals surface area contributed by atoms with E-state index in [2.05, 4.69) is 49.9 Å². The zero-order valence-corrected chi connectivity index (χ0v) is 17.8. The summed E-state index contributed by atoms with van der Waals surface area (Å²) >= 11 is 1.56. The first kappa shape index (κ1) is 18.5. The number of fused-ring (bicyclic) bond motifs is 1. The maximum Gasteiger partial charge on any atom is 0.192 e. The fraction of sp³-hybridized carbons (Fsp3) is 0.526. The molecule has 2 aromatic heterocycles. The van der Waals surface area contributed by atoms with Crippen LogP contribution in [0.1, 0.15) is 39.3 Å². The van der Waals surface area contributed by atoms with Gasteiger partial charge in [-0.15, -0.1) is 0 Å². The van der Waals surface area contributed by atoms with Gasteiger partial charge in [-0.25, -0.2) is 9.97 Å². The molecule has 1 aliphatic carbocycles. The van der Waals surface area contributed by atoms with Gasteiger partial charge in [-0.1, -0.05) is 38.6 Å². The molecule has 0 aliphatic heterocycles. The summed E-state index contributed by atoms with van der Waals surface area (Å²) in [6.07, 6.45) is 10.2. The first-order valence-corrected chi connectivity index (χ1v) is 12.9. The molecule has 2 heterocycles. The zero-order chi connectivity index (χ0) is 18.2. The number of allylic oxidation sites excluding steroid dienone is 1. The lowest BCUT2D eigenvalue weighted by molar-refractivity contribution is 0.231. The zero-order valence-electron chi connectivity index (χ0n) is 16.0. The van der Waals surface area contributed by atoms with E-state index in [1.54, 1.807) is 11.8 Å². The molecule has 25 heavy (non-hydrogen) atoms. The third-order valence-electron chi connectivity index (χ3n) is 5.32. The molecule has 1 atom stereocenters. The Kier molecular flexibility index (Phi) is 5.06. The van der Waals surface area contributed by atoms with Crippen molar-refractivity contribution in [3.63, 3.8) is 0 Å². The highest BCUT2D eigenvalue weighted by Crippen LogP contribution is 2.41. The van der Waals surface area contributed by atoms with E-state index in [-0.39, 0.29) is 11.1 Å². The number of pyridine rings is 1. The Labute approximate surface area is 155 Å². The van der Waals surface area contributed by atoms with Crippen molar-refractivity contribution in [1.29, 1.82) is 0 Å². The molecule has 0 amide bonds. The van der Waals surface area contributed by atoms with E-state index >= 15 is 0 Å². The monoisotopic (exact) mass is 373 g/mol. The highest BCUT2D eigenvalue weighted by atomic mass is 32.2. The fourth-order valence-electron chi connectivity index (χ4n) is 2.83. The smallest absolute Gasteiger partial charge is 0.192 e. The van der Waals surface area contributed by atoms with Crippen LogP contribution in [0.4, 0.5) is 0 Å². The van der Waals surface area contributed by atoms with E-state index < -0.39 is 8.32 Å². The lowest BCUT2D eigenvalue weighted by atomic mass is 10.1. The summed E-state index contributed by atoms with van der Waals surface area (Å²) in [7, 11) is -1.84. The van der Waals surface area contributed by atoms with Crippen LogP contribution in [-0.4, -0.2) is 35.6 Å². The van der Waals surface area contributed by atoms with Crippen molar-refractivity contribution in [2.24, 2.45) is 0 Å². The largest absolute Gasteiger partial charge is 0.410 e. The number of aromatic nitrogens is 3. The topological polar surface area (TPSA) is 47.9 Å². The van der Waals surface area contributed by atoms with Gasteiger partial charge in [-0.3, -0.25) is 4.98 Å². The first-order valence-electron chi connectivity index (χ1n) is 8.77. The Bertz CT molecular complexity index is 814. The summed E-state index contributed by atoms with van der Waals surface area (Å²) in [4.78, 5) is 13.8. The molecule has 1 unspecified atom stereocenters. The van der Waals surface area contributed by atoms with Crippen molar-refractivity contribution in [3.05, 3.63) is 30.2 Å². The van der Waals surface area contributed by atoms with Crippen molar-refractivity contribution in [2.75, 3.05) is 6.26 Å². The molecule has 0 fully saturated rings. The van der Waals surface area contributed by atoms with Gasteiger partial charge in [0.15, 0.2) is 13.5 Å². The minimum Gasteiger partial charge on any atom is -0.410 e. The van der Waals surface area contributed by atoms with Gasteiger partial charge in [0.05, 0.1) is 11.8 Å². The molecule has 4 nitrogen and oxygen atoms in total. The highest BCUT2D eigenvalue weighted by molar-refractivity contribution is 7.98. The minimum atomic E-state index is -1.84. The van der Waals surface area contributed by atoms with E-state index in [9.17, 15) is 0 Å². The second-order valence-corrected chi connectivity index (χ2v) is 13.6.